The second-order valence-corrected chi connectivity index (χ2v) is 4.31. The quantitative estimate of drug-likeness (QED) is 0.561. The van der Waals surface area contributed by atoms with Gasteiger partial charge in [-0.1, -0.05) is 25.4 Å². The van der Waals surface area contributed by atoms with Gasteiger partial charge in [0.05, 0.1) is 0 Å². The fourth-order valence-corrected chi connectivity index (χ4v) is 1.76. The average molecular weight is 217 g/mol. The third kappa shape index (κ3) is 2.35. The SMILES string of the molecule is CSc1nc(C(C)C)nc(Cl)c1C. The lowest BCUT2D eigenvalue weighted by Gasteiger charge is -2.08. The van der Waals surface area contributed by atoms with Gasteiger partial charge in [-0.2, -0.15) is 0 Å². The van der Waals surface area contributed by atoms with Crippen LogP contribution in [0.5, 0.6) is 0 Å². The topological polar surface area (TPSA) is 25.8 Å². The van der Waals surface area contributed by atoms with Crippen molar-refractivity contribution in [2.24, 2.45) is 0 Å². The van der Waals surface area contributed by atoms with Crippen molar-refractivity contribution in [2.45, 2.75) is 31.7 Å². The largest absolute Gasteiger partial charge is 0.226 e. The van der Waals surface area contributed by atoms with Crippen LogP contribution in [0.2, 0.25) is 5.15 Å². The highest BCUT2D eigenvalue weighted by molar-refractivity contribution is 7.98. The van der Waals surface area contributed by atoms with E-state index >= 15 is 0 Å². The molecule has 0 atom stereocenters. The summed E-state index contributed by atoms with van der Waals surface area (Å²) in [6.45, 7) is 6.06. The number of hydrogen-bond acceptors (Lipinski definition) is 3. The van der Waals surface area contributed by atoms with E-state index in [4.69, 9.17) is 11.6 Å². The first-order valence-corrected chi connectivity index (χ1v) is 5.74. The molecule has 0 amide bonds. The zero-order chi connectivity index (χ0) is 10.0. The Morgan fingerprint density at radius 3 is 2.38 bits per heavy atom. The zero-order valence-corrected chi connectivity index (χ0v) is 9.83. The standard InChI is InChI=1S/C9H13ClN2S/c1-5(2)8-11-7(10)6(3)9(12-8)13-4/h5H,1-4H3. The lowest BCUT2D eigenvalue weighted by atomic mass is 10.2. The van der Waals surface area contributed by atoms with Gasteiger partial charge in [-0.3, -0.25) is 0 Å². The number of hydrogen-bond donors (Lipinski definition) is 0. The summed E-state index contributed by atoms with van der Waals surface area (Å²) < 4.78 is 0. The molecule has 0 spiro atoms. The Hall–Kier alpha value is -0.280. The summed E-state index contributed by atoms with van der Waals surface area (Å²) in [5.41, 5.74) is 0.971. The van der Waals surface area contributed by atoms with Crippen LogP contribution in [0.4, 0.5) is 0 Å². The molecular weight excluding hydrogens is 204 g/mol. The van der Waals surface area contributed by atoms with Crippen molar-refractivity contribution in [2.75, 3.05) is 6.26 Å². The number of halogens is 1. The first kappa shape index (κ1) is 10.8. The molecule has 0 N–H and O–H groups in total. The monoisotopic (exact) mass is 216 g/mol. The Labute approximate surface area is 88.1 Å². The van der Waals surface area contributed by atoms with Crippen molar-refractivity contribution in [1.82, 2.24) is 9.97 Å². The number of thioether (sulfide) groups is 1. The fraction of sp³-hybridized carbons (Fsp3) is 0.556. The lowest BCUT2D eigenvalue weighted by molar-refractivity contribution is 0.748. The number of aromatic nitrogens is 2. The van der Waals surface area contributed by atoms with Crippen LogP contribution in [0.25, 0.3) is 0 Å². The van der Waals surface area contributed by atoms with Crippen molar-refractivity contribution in [3.63, 3.8) is 0 Å². The Balaban J connectivity index is 3.22. The summed E-state index contributed by atoms with van der Waals surface area (Å²) in [4.78, 5) is 8.64. The van der Waals surface area contributed by atoms with Crippen LogP contribution >= 0.6 is 23.4 Å². The van der Waals surface area contributed by atoms with Crippen molar-refractivity contribution in [3.05, 3.63) is 16.5 Å². The molecule has 72 valence electrons. The minimum atomic E-state index is 0.323. The Bertz CT molecular complexity index is 313. The fourth-order valence-electron chi connectivity index (χ4n) is 0.942. The molecule has 1 rings (SSSR count). The molecule has 0 aliphatic rings. The van der Waals surface area contributed by atoms with Gasteiger partial charge in [0.2, 0.25) is 0 Å². The van der Waals surface area contributed by atoms with Crippen LogP contribution in [0, 0.1) is 6.92 Å². The van der Waals surface area contributed by atoms with Gasteiger partial charge >= 0.3 is 0 Å². The van der Waals surface area contributed by atoms with Crippen molar-refractivity contribution in [1.29, 1.82) is 0 Å². The maximum atomic E-state index is 5.98. The van der Waals surface area contributed by atoms with Crippen LogP contribution in [0.3, 0.4) is 0 Å². The smallest absolute Gasteiger partial charge is 0.136 e. The molecular formula is C9H13ClN2S. The highest BCUT2D eigenvalue weighted by atomic mass is 35.5. The summed E-state index contributed by atoms with van der Waals surface area (Å²) in [5.74, 6) is 1.14. The van der Waals surface area contributed by atoms with E-state index in [-0.39, 0.29) is 0 Å². The van der Waals surface area contributed by atoms with Gasteiger partial charge in [-0.15, -0.1) is 11.8 Å². The molecule has 0 radical (unpaired) electrons. The number of rotatable bonds is 2. The van der Waals surface area contributed by atoms with E-state index < -0.39 is 0 Å². The summed E-state index contributed by atoms with van der Waals surface area (Å²) in [6, 6.07) is 0. The molecule has 0 saturated heterocycles. The van der Waals surface area contributed by atoms with Crippen LogP contribution in [0.15, 0.2) is 5.03 Å². The molecule has 0 fully saturated rings. The molecule has 0 bridgehead atoms. The van der Waals surface area contributed by atoms with Crippen LogP contribution in [0.1, 0.15) is 31.2 Å². The van der Waals surface area contributed by atoms with Crippen molar-refractivity contribution >= 4 is 23.4 Å². The van der Waals surface area contributed by atoms with Gasteiger partial charge in [0.1, 0.15) is 16.0 Å². The number of nitrogens with zero attached hydrogens (tertiary/aromatic N) is 2. The molecule has 2 nitrogen and oxygen atoms in total. The predicted molar refractivity (Wildman–Crippen MR) is 57.6 cm³/mol. The zero-order valence-electron chi connectivity index (χ0n) is 8.26. The minimum Gasteiger partial charge on any atom is -0.226 e. The lowest BCUT2D eigenvalue weighted by Crippen LogP contribution is -2.01. The molecule has 0 unspecified atom stereocenters. The van der Waals surface area contributed by atoms with E-state index in [1.54, 1.807) is 11.8 Å². The second kappa shape index (κ2) is 4.29. The van der Waals surface area contributed by atoms with Gasteiger partial charge in [0, 0.05) is 11.5 Å². The Kier molecular flexibility index (Phi) is 3.56. The summed E-state index contributed by atoms with van der Waals surface area (Å²) in [6.07, 6.45) is 2.00. The van der Waals surface area contributed by atoms with E-state index in [2.05, 4.69) is 23.8 Å². The first-order chi connectivity index (χ1) is 6.06. The van der Waals surface area contributed by atoms with E-state index in [0.717, 1.165) is 16.4 Å². The van der Waals surface area contributed by atoms with Gasteiger partial charge in [-0.25, -0.2) is 9.97 Å². The molecule has 1 aromatic heterocycles. The summed E-state index contributed by atoms with van der Waals surface area (Å²) in [5, 5.41) is 1.55. The predicted octanol–water partition coefficient (Wildman–Crippen LogP) is 3.28. The van der Waals surface area contributed by atoms with Crippen molar-refractivity contribution in [3.8, 4) is 0 Å². The molecule has 0 aromatic carbocycles. The molecule has 1 heterocycles. The van der Waals surface area contributed by atoms with E-state index in [9.17, 15) is 0 Å². The summed E-state index contributed by atoms with van der Waals surface area (Å²) in [7, 11) is 0. The van der Waals surface area contributed by atoms with Gasteiger partial charge in [0.25, 0.3) is 0 Å². The third-order valence-corrected chi connectivity index (χ3v) is 2.92. The molecule has 1 aromatic rings. The third-order valence-electron chi connectivity index (χ3n) is 1.77. The Morgan fingerprint density at radius 2 is 1.92 bits per heavy atom. The van der Waals surface area contributed by atoms with Crippen LogP contribution < -0.4 is 0 Å². The molecule has 13 heavy (non-hydrogen) atoms. The first-order valence-electron chi connectivity index (χ1n) is 4.14. The molecule has 0 aliphatic carbocycles. The van der Waals surface area contributed by atoms with Gasteiger partial charge in [0.15, 0.2) is 0 Å². The maximum Gasteiger partial charge on any atom is 0.136 e. The van der Waals surface area contributed by atoms with E-state index in [1.165, 1.54) is 0 Å². The van der Waals surface area contributed by atoms with Crippen LogP contribution in [-0.2, 0) is 0 Å². The highest BCUT2D eigenvalue weighted by Gasteiger charge is 2.10. The average Bonchev–Trinajstić information content (AvgIpc) is 2.09. The summed E-state index contributed by atoms with van der Waals surface area (Å²) >= 11 is 7.58. The second-order valence-electron chi connectivity index (χ2n) is 3.16. The van der Waals surface area contributed by atoms with Crippen LogP contribution in [-0.4, -0.2) is 16.2 Å². The highest BCUT2D eigenvalue weighted by Crippen LogP contribution is 2.24. The molecule has 0 saturated carbocycles. The van der Waals surface area contributed by atoms with Crippen molar-refractivity contribution < 1.29 is 0 Å². The maximum absolute atomic E-state index is 5.98. The van der Waals surface area contributed by atoms with Gasteiger partial charge in [-0.05, 0) is 13.2 Å². The Morgan fingerprint density at radius 1 is 1.31 bits per heavy atom. The minimum absolute atomic E-state index is 0.323. The van der Waals surface area contributed by atoms with Gasteiger partial charge < -0.3 is 0 Å². The molecule has 4 heteroatoms. The van der Waals surface area contributed by atoms with E-state index in [1.807, 2.05) is 13.2 Å². The normalized spacial score (nSPS) is 10.9. The molecule has 0 aliphatic heterocycles. The van der Waals surface area contributed by atoms with E-state index in [0.29, 0.717) is 11.1 Å².